The predicted octanol–water partition coefficient (Wildman–Crippen LogP) is 1.88. The van der Waals surface area contributed by atoms with Gasteiger partial charge in [-0.2, -0.15) is 0 Å². The van der Waals surface area contributed by atoms with Crippen molar-refractivity contribution in [2.75, 3.05) is 0 Å². The van der Waals surface area contributed by atoms with Gasteiger partial charge in [-0.3, -0.25) is 0 Å². The number of para-hydroxylation sites is 1. The van der Waals surface area contributed by atoms with Crippen LogP contribution in [-0.4, -0.2) is 14.1 Å². The van der Waals surface area contributed by atoms with E-state index in [0.717, 1.165) is 6.54 Å². The molecule has 2 heterocycles. The molecule has 2 aromatic heterocycles. The Balaban J connectivity index is 2.10. The van der Waals surface area contributed by atoms with Gasteiger partial charge in [0.05, 0.1) is 24.1 Å². The molecule has 0 spiro atoms. The summed E-state index contributed by atoms with van der Waals surface area (Å²) in [5, 5.41) is 1.24. The molecule has 18 heavy (non-hydrogen) atoms. The third-order valence-electron chi connectivity index (χ3n) is 3.34. The Bertz CT molecular complexity index is 678. The van der Waals surface area contributed by atoms with Gasteiger partial charge in [0.25, 0.3) is 0 Å². The number of benzene rings is 1. The number of hydrogen-bond donors (Lipinski definition) is 1. The average Bonchev–Trinajstić information content (AvgIpc) is 2.97. The summed E-state index contributed by atoms with van der Waals surface area (Å²) >= 11 is 0. The Morgan fingerprint density at radius 2 is 2.17 bits per heavy atom. The average molecular weight is 240 g/mol. The quantitative estimate of drug-likeness (QED) is 0.760. The normalized spacial score (nSPS) is 11.2. The maximum absolute atomic E-state index is 5.82. The third-order valence-corrected chi connectivity index (χ3v) is 3.34. The van der Waals surface area contributed by atoms with Gasteiger partial charge in [0.1, 0.15) is 0 Å². The van der Waals surface area contributed by atoms with Gasteiger partial charge in [-0.1, -0.05) is 18.2 Å². The summed E-state index contributed by atoms with van der Waals surface area (Å²) in [4.78, 5) is 4.15. The molecule has 0 saturated heterocycles. The zero-order chi connectivity index (χ0) is 12.5. The monoisotopic (exact) mass is 240 g/mol. The van der Waals surface area contributed by atoms with Crippen molar-refractivity contribution >= 4 is 10.9 Å². The number of nitrogens with zero attached hydrogens (tertiary/aromatic N) is 3. The van der Waals surface area contributed by atoms with Crippen LogP contribution in [-0.2, 0) is 20.1 Å². The number of aryl methyl sites for hydroxylation is 1. The fourth-order valence-corrected chi connectivity index (χ4v) is 2.35. The molecule has 0 bridgehead atoms. The first kappa shape index (κ1) is 11.0. The maximum atomic E-state index is 5.82. The lowest BCUT2D eigenvalue weighted by Gasteiger charge is -2.09. The lowest BCUT2D eigenvalue weighted by Crippen LogP contribution is -2.06. The smallest absolute Gasteiger partial charge is 0.0946 e. The molecule has 0 aliphatic carbocycles. The van der Waals surface area contributed by atoms with E-state index in [-0.39, 0.29) is 0 Å². The van der Waals surface area contributed by atoms with Crippen LogP contribution in [0.15, 0.2) is 43.0 Å². The van der Waals surface area contributed by atoms with Crippen LogP contribution in [0.25, 0.3) is 10.9 Å². The van der Waals surface area contributed by atoms with E-state index < -0.39 is 0 Å². The number of fused-ring (bicyclic) bond motifs is 1. The maximum Gasteiger partial charge on any atom is 0.0946 e. The highest BCUT2D eigenvalue weighted by Crippen LogP contribution is 2.21. The highest BCUT2D eigenvalue weighted by molar-refractivity contribution is 5.83. The summed E-state index contributed by atoms with van der Waals surface area (Å²) < 4.78 is 4.27. The van der Waals surface area contributed by atoms with Crippen molar-refractivity contribution in [3.8, 4) is 0 Å². The molecule has 3 aromatic rings. The van der Waals surface area contributed by atoms with Gasteiger partial charge in [-0.15, -0.1) is 0 Å². The second kappa shape index (κ2) is 4.31. The van der Waals surface area contributed by atoms with E-state index in [1.54, 1.807) is 0 Å². The SMILES string of the molecule is Cn1cncc1Cn1ccc2cccc(CN)c21. The molecule has 0 aliphatic heterocycles. The molecular weight excluding hydrogens is 224 g/mol. The van der Waals surface area contributed by atoms with E-state index in [0.29, 0.717) is 6.54 Å². The minimum absolute atomic E-state index is 0.562. The third kappa shape index (κ3) is 1.71. The number of rotatable bonds is 3. The summed E-state index contributed by atoms with van der Waals surface area (Å²) in [6.07, 6.45) is 5.83. The fourth-order valence-electron chi connectivity index (χ4n) is 2.35. The lowest BCUT2D eigenvalue weighted by molar-refractivity contribution is 0.741. The fraction of sp³-hybridized carbons (Fsp3) is 0.214. The van der Waals surface area contributed by atoms with Crippen molar-refractivity contribution < 1.29 is 0 Å². The first-order chi connectivity index (χ1) is 8.79. The van der Waals surface area contributed by atoms with Crippen molar-refractivity contribution in [3.63, 3.8) is 0 Å². The molecule has 2 N–H and O–H groups in total. The van der Waals surface area contributed by atoms with E-state index in [2.05, 4.69) is 40.0 Å². The Kier molecular flexibility index (Phi) is 2.64. The molecular formula is C14H16N4. The van der Waals surface area contributed by atoms with Crippen LogP contribution in [0.4, 0.5) is 0 Å². The van der Waals surface area contributed by atoms with Crippen LogP contribution in [0.5, 0.6) is 0 Å². The summed E-state index contributed by atoms with van der Waals surface area (Å²) in [7, 11) is 2.01. The molecule has 1 aromatic carbocycles. The lowest BCUT2D eigenvalue weighted by atomic mass is 10.1. The van der Waals surface area contributed by atoms with Gasteiger partial charge in [0, 0.05) is 26.0 Å². The van der Waals surface area contributed by atoms with E-state index in [1.807, 2.05) is 24.1 Å². The summed E-state index contributed by atoms with van der Waals surface area (Å²) in [6.45, 7) is 1.38. The molecule has 92 valence electrons. The Labute approximate surface area is 106 Å². The molecule has 3 rings (SSSR count). The van der Waals surface area contributed by atoms with Gasteiger partial charge in [-0.05, 0) is 17.0 Å². The molecule has 0 atom stereocenters. The zero-order valence-electron chi connectivity index (χ0n) is 10.4. The topological polar surface area (TPSA) is 48.8 Å². The Morgan fingerprint density at radius 1 is 1.28 bits per heavy atom. The molecule has 0 amide bonds. The highest BCUT2D eigenvalue weighted by atomic mass is 15.1. The van der Waals surface area contributed by atoms with E-state index in [9.17, 15) is 0 Å². The number of hydrogen-bond acceptors (Lipinski definition) is 2. The molecule has 0 unspecified atom stereocenters. The van der Waals surface area contributed by atoms with Crippen LogP contribution >= 0.6 is 0 Å². The molecule has 0 fully saturated rings. The van der Waals surface area contributed by atoms with Crippen molar-refractivity contribution in [3.05, 3.63) is 54.2 Å². The van der Waals surface area contributed by atoms with Crippen LogP contribution in [0.3, 0.4) is 0 Å². The second-order valence-electron chi connectivity index (χ2n) is 4.50. The van der Waals surface area contributed by atoms with Crippen LogP contribution < -0.4 is 5.73 Å². The van der Waals surface area contributed by atoms with Crippen LogP contribution in [0.1, 0.15) is 11.3 Å². The largest absolute Gasteiger partial charge is 0.341 e. The number of imidazole rings is 1. The van der Waals surface area contributed by atoms with E-state index >= 15 is 0 Å². The molecule has 4 heteroatoms. The minimum Gasteiger partial charge on any atom is -0.341 e. The van der Waals surface area contributed by atoms with E-state index in [4.69, 9.17) is 5.73 Å². The summed E-state index contributed by atoms with van der Waals surface area (Å²) in [6, 6.07) is 8.39. The molecule has 0 saturated carbocycles. The highest BCUT2D eigenvalue weighted by Gasteiger charge is 2.07. The Morgan fingerprint density at radius 3 is 2.89 bits per heavy atom. The van der Waals surface area contributed by atoms with Crippen molar-refractivity contribution in [2.45, 2.75) is 13.1 Å². The van der Waals surface area contributed by atoms with Crippen LogP contribution in [0, 0.1) is 0 Å². The zero-order valence-corrected chi connectivity index (χ0v) is 10.4. The minimum atomic E-state index is 0.562. The standard InChI is InChI=1S/C14H16N4/c1-17-10-16-8-13(17)9-18-6-5-11-3-2-4-12(7-15)14(11)18/h2-6,8,10H,7,9,15H2,1H3. The van der Waals surface area contributed by atoms with Gasteiger partial charge >= 0.3 is 0 Å². The molecule has 0 aliphatic rings. The number of aromatic nitrogens is 3. The van der Waals surface area contributed by atoms with Crippen molar-refractivity contribution in [2.24, 2.45) is 12.8 Å². The van der Waals surface area contributed by atoms with Gasteiger partial charge in [-0.25, -0.2) is 4.98 Å². The molecule has 0 radical (unpaired) electrons. The summed E-state index contributed by atoms with van der Waals surface area (Å²) in [5.74, 6) is 0. The van der Waals surface area contributed by atoms with Crippen molar-refractivity contribution in [1.82, 2.24) is 14.1 Å². The molecule has 4 nitrogen and oxygen atoms in total. The van der Waals surface area contributed by atoms with Gasteiger partial charge in [0.15, 0.2) is 0 Å². The van der Waals surface area contributed by atoms with Gasteiger partial charge < -0.3 is 14.9 Å². The van der Waals surface area contributed by atoms with Gasteiger partial charge in [0.2, 0.25) is 0 Å². The first-order valence-electron chi connectivity index (χ1n) is 6.01. The van der Waals surface area contributed by atoms with Crippen molar-refractivity contribution in [1.29, 1.82) is 0 Å². The predicted molar refractivity (Wildman–Crippen MR) is 72.1 cm³/mol. The van der Waals surface area contributed by atoms with E-state index in [1.165, 1.54) is 22.2 Å². The van der Waals surface area contributed by atoms with Crippen LogP contribution in [0.2, 0.25) is 0 Å². The first-order valence-corrected chi connectivity index (χ1v) is 6.01. The summed E-state index contributed by atoms with van der Waals surface area (Å²) in [5.41, 5.74) is 9.40. The number of nitrogens with two attached hydrogens (primary N) is 1. The second-order valence-corrected chi connectivity index (χ2v) is 4.50. The Hall–Kier alpha value is -2.07.